The van der Waals surface area contributed by atoms with Crippen LogP contribution in [0.25, 0.3) is 10.9 Å². The lowest BCUT2D eigenvalue weighted by Gasteiger charge is -2.20. The summed E-state index contributed by atoms with van der Waals surface area (Å²) in [5.74, 6) is 0.410. The van der Waals surface area contributed by atoms with Crippen LogP contribution in [-0.2, 0) is 4.79 Å². The molecule has 0 aliphatic heterocycles. The maximum atomic E-state index is 12.6. The summed E-state index contributed by atoms with van der Waals surface area (Å²) in [6.07, 6.45) is 0. The molecule has 1 aromatic heterocycles. The van der Waals surface area contributed by atoms with Gasteiger partial charge in [-0.25, -0.2) is 4.98 Å². The van der Waals surface area contributed by atoms with Gasteiger partial charge in [0.1, 0.15) is 5.82 Å². The van der Waals surface area contributed by atoms with Gasteiger partial charge in [0.2, 0.25) is 5.91 Å². The summed E-state index contributed by atoms with van der Waals surface area (Å²) in [6.45, 7) is 6.11. The van der Waals surface area contributed by atoms with Crippen molar-refractivity contribution in [3.63, 3.8) is 0 Å². The Kier molecular flexibility index (Phi) is 5.53. The number of rotatable bonds is 4. The van der Waals surface area contributed by atoms with E-state index in [9.17, 15) is 10.1 Å². The molecule has 1 N–H and O–H groups in total. The highest BCUT2D eigenvalue weighted by Gasteiger charge is 2.14. The van der Waals surface area contributed by atoms with Crippen molar-refractivity contribution in [1.82, 2.24) is 4.98 Å². The number of amides is 1. The second-order valence-electron chi connectivity index (χ2n) is 6.98. The lowest BCUT2D eigenvalue weighted by Crippen LogP contribution is -2.31. The molecule has 28 heavy (non-hydrogen) atoms. The molecular formula is C22H21ClN4O. The topological polar surface area (TPSA) is 69.0 Å². The number of nitriles is 1. The number of fused-ring (bicyclic) bond motifs is 1. The average Bonchev–Trinajstić information content (AvgIpc) is 2.63. The van der Waals surface area contributed by atoms with E-state index in [1.54, 1.807) is 36.2 Å². The lowest BCUT2D eigenvalue weighted by atomic mass is 10.1. The van der Waals surface area contributed by atoms with Gasteiger partial charge in [0.05, 0.1) is 23.7 Å². The molecule has 0 fully saturated rings. The summed E-state index contributed by atoms with van der Waals surface area (Å²) in [4.78, 5) is 18.9. The molecule has 0 radical (unpaired) electrons. The number of hydrogen-bond acceptors (Lipinski definition) is 4. The van der Waals surface area contributed by atoms with E-state index in [4.69, 9.17) is 11.6 Å². The molecule has 1 heterocycles. The number of aryl methyl sites for hydroxylation is 3. The van der Waals surface area contributed by atoms with Gasteiger partial charge in [-0.05, 0) is 56.2 Å². The molecule has 0 unspecified atom stereocenters. The summed E-state index contributed by atoms with van der Waals surface area (Å²) in [6, 6.07) is 13.2. The maximum Gasteiger partial charge on any atom is 0.243 e. The second-order valence-corrected chi connectivity index (χ2v) is 7.42. The van der Waals surface area contributed by atoms with E-state index >= 15 is 0 Å². The molecule has 3 aromatic rings. The Morgan fingerprint density at radius 2 is 1.86 bits per heavy atom. The highest BCUT2D eigenvalue weighted by Crippen LogP contribution is 2.25. The zero-order valence-corrected chi connectivity index (χ0v) is 17.1. The minimum atomic E-state index is -0.144. The van der Waals surface area contributed by atoms with E-state index in [-0.39, 0.29) is 12.5 Å². The summed E-state index contributed by atoms with van der Waals surface area (Å²) >= 11 is 6.03. The number of hydrogen-bond donors (Lipinski definition) is 1. The number of carbonyl (C=O) groups excluding carboxylic acids is 1. The highest BCUT2D eigenvalue weighted by atomic mass is 35.5. The van der Waals surface area contributed by atoms with Gasteiger partial charge in [-0.1, -0.05) is 29.3 Å². The van der Waals surface area contributed by atoms with Crippen LogP contribution in [0.5, 0.6) is 0 Å². The van der Waals surface area contributed by atoms with Crippen molar-refractivity contribution in [1.29, 1.82) is 5.26 Å². The van der Waals surface area contributed by atoms with E-state index in [1.165, 1.54) is 0 Å². The Bertz CT molecular complexity index is 1090. The van der Waals surface area contributed by atoms with E-state index < -0.39 is 0 Å². The van der Waals surface area contributed by atoms with Crippen LogP contribution in [0.4, 0.5) is 11.5 Å². The summed E-state index contributed by atoms with van der Waals surface area (Å²) < 4.78 is 0. The number of carbonyl (C=O) groups is 1. The van der Waals surface area contributed by atoms with Crippen molar-refractivity contribution >= 4 is 39.9 Å². The summed E-state index contributed by atoms with van der Waals surface area (Å²) in [5, 5.41) is 13.7. The van der Waals surface area contributed by atoms with Crippen LogP contribution in [0.15, 0.2) is 36.4 Å². The number of pyridine rings is 1. The predicted molar refractivity (Wildman–Crippen MR) is 114 cm³/mol. The average molecular weight is 393 g/mol. The fourth-order valence-electron chi connectivity index (χ4n) is 3.32. The fourth-order valence-corrected chi connectivity index (χ4v) is 3.50. The number of nitrogens with zero attached hydrogens (tertiary/aromatic N) is 3. The maximum absolute atomic E-state index is 12.6. The van der Waals surface area contributed by atoms with Crippen molar-refractivity contribution in [3.05, 3.63) is 63.7 Å². The van der Waals surface area contributed by atoms with Crippen molar-refractivity contribution < 1.29 is 4.79 Å². The van der Waals surface area contributed by atoms with E-state index in [2.05, 4.69) is 16.4 Å². The summed E-state index contributed by atoms with van der Waals surface area (Å²) in [5.41, 5.74) is 5.19. The molecule has 6 heteroatoms. The number of likely N-dealkylation sites (N-methyl/N-ethyl adjacent to an activating group) is 1. The van der Waals surface area contributed by atoms with Gasteiger partial charge in [-0.3, -0.25) is 4.79 Å². The first kappa shape index (κ1) is 19.7. The van der Waals surface area contributed by atoms with Crippen LogP contribution >= 0.6 is 11.6 Å². The van der Waals surface area contributed by atoms with Crippen LogP contribution in [0.1, 0.15) is 22.3 Å². The van der Waals surface area contributed by atoms with Crippen LogP contribution < -0.4 is 10.2 Å². The zero-order valence-electron chi connectivity index (χ0n) is 16.3. The van der Waals surface area contributed by atoms with Crippen molar-refractivity contribution in [2.75, 3.05) is 23.8 Å². The van der Waals surface area contributed by atoms with Gasteiger partial charge in [0.25, 0.3) is 0 Å². The van der Waals surface area contributed by atoms with Gasteiger partial charge in [-0.2, -0.15) is 5.26 Å². The first-order valence-corrected chi connectivity index (χ1v) is 9.25. The molecular weight excluding hydrogens is 372 g/mol. The smallest absolute Gasteiger partial charge is 0.243 e. The molecule has 2 aromatic carbocycles. The quantitative estimate of drug-likeness (QED) is 0.694. The minimum absolute atomic E-state index is 0.115. The molecule has 0 saturated carbocycles. The van der Waals surface area contributed by atoms with Crippen LogP contribution in [0.3, 0.4) is 0 Å². The number of benzene rings is 2. The predicted octanol–water partition coefficient (Wildman–Crippen LogP) is 4.76. The van der Waals surface area contributed by atoms with Gasteiger partial charge >= 0.3 is 0 Å². The standard InChI is InChI=1S/C22H21ClN4O/c1-13-7-14(2)22(15(3)8-13)26-21(28)12-27(4)20-9-16(11-24)18-10-17(23)5-6-19(18)25-20/h5-10H,12H2,1-4H3,(H,26,28). The Morgan fingerprint density at radius 3 is 2.50 bits per heavy atom. The van der Waals surface area contributed by atoms with E-state index in [0.29, 0.717) is 27.3 Å². The van der Waals surface area contributed by atoms with Crippen molar-refractivity contribution in [3.8, 4) is 6.07 Å². The molecule has 0 saturated heterocycles. The normalized spacial score (nSPS) is 10.6. The molecule has 3 rings (SSSR count). The summed E-state index contributed by atoms with van der Waals surface area (Å²) in [7, 11) is 1.78. The first-order chi connectivity index (χ1) is 13.3. The molecule has 142 valence electrons. The third kappa shape index (κ3) is 4.08. The van der Waals surface area contributed by atoms with Gasteiger partial charge in [-0.15, -0.1) is 0 Å². The molecule has 0 aliphatic carbocycles. The van der Waals surface area contributed by atoms with Gasteiger partial charge in [0.15, 0.2) is 0 Å². The van der Waals surface area contributed by atoms with Crippen LogP contribution in [0, 0.1) is 32.1 Å². The molecule has 0 spiro atoms. The third-order valence-electron chi connectivity index (χ3n) is 4.59. The Morgan fingerprint density at radius 1 is 1.18 bits per heavy atom. The molecule has 0 bridgehead atoms. The second kappa shape index (κ2) is 7.87. The van der Waals surface area contributed by atoms with Gasteiger partial charge < -0.3 is 10.2 Å². The molecule has 5 nitrogen and oxygen atoms in total. The number of anilines is 2. The minimum Gasteiger partial charge on any atom is -0.350 e. The molecule has 0 aliphatic rings. The fraction of sp³-hybridized carbons (Fsp3) is 0.227. The third-order valence-corrected chi connectivity index (χ3v) is 4.83. The number of halogens is 1. The lowest BCUT2D eigenvalue weighted by molar-refractivity contribution is -0.114. The van der Waals surface area contributed by atoms with Crippen LogP contribution in [0.2, 0.25) is 5.02 Å². The monoisotopic (exact) mass is 392 g/mol. The Balaban J connectivity index is 1.83. The van der Waals surface area contributed by atoms with Crippen molar-refractivity contribution in [2.24, 2.45) is 0 Å². The van der Waals surface area contributed by atoms with Crippen LogP contribution in [-0.4, -0.2) is 24.5 Å². The number of nitrogens with one attached hydrogen (secondary N) is 1. The van der Waals surface area contributed by atoms with Gasteiger partial charge in [0, 0.05) is 23.1 Å². The Labute approximate surface area is 169 Å². The zero-order chi connectivity index (χ0) is 20.4. The largest absolute Gasteiger partial charge is 0.350 e. The Hall–Kier alpha value is -3.10. The molecule has 0 atom stereocenters. The van der Waals surface area contributed by atoms with E-state index in [1.807, 2.05) is 32.9 Å². The SMILES string of the molecule is Cc1cc(C)c(NC(=O)CN(C)c2cc(C#N)c3cc(Cl)ccc3n2)c(C)c1. The molecule has 1 amide bonds. The number of aromatic nitrogens is 1. The first-order valence-electron chi connectivity index (χ1n) is 8.87. The highest BCUT2D eigenvalue weighted by molar-refractivity contribution is 6.31. The van der Waals surface area contributed by atoms with E-state index in [0.717, 1.165) is 22.4 Å². The van der Waals surface area contributed by atoms with Crippen molar-refractivity contribution in [2.45, 2.75) is 20.8 Å².